The Balaban J connectivity index is 1.46. The molecule has 0 fully saturated rings. The second-order valence-corrected chi connectivity index (χ2v) is 9.07. The number of nitrogens with two attached hydrogens (primary N) is 1. The van der Waals surface area contributed by atoms with E-state index in [2.05, 4.69) is 75.9 Å². The summed E-state index contributed by atoms with van der Waals surface area (Å²) < 4.78 is 8.53. The highest BCUT2D eigenvalue weighted by Crippen LogP contribution is 2.38. The Kier molecular flexibility index (Phi) is 4.85. The Hall–Kier alpha value is -3.06. The molecule has 0 spiro atoms. The van der Waals surface area contributed by atoms with Gasteiger partial charge in [-0.2, -0.15) is 0 Å². The minimum Gasteiger partial charge on any atom is -0.484 e. The van der Waals surface area contributed by atoms with Crippen LogP contribution >= 0.6 is 0 Å². The molecular weight excluding hydrogens is 388 g/mol. The van der Waals surface area contributed by atoms with Gasteiger partial charge in [0.25, 0.3) is 0 Å². The molecule has 0 radical (unpaired) electrons. The normalized spacial score (nSPS) is 21.4. The van der Waals surface area contributed by atoms with Crippen molar-refractivity contribution >= 4 is 5.65 Å². The van der Waals surface area contributed by atoms with Crippen molar-refractivity contribution in [2.75, 3.05) is 20.1 Å². The molecule has 0 amide bonds. The lowest BCUT2D eigenvalue weighted by Crippen LogP contribution is -2.45. The largest absolute Gasteiger partial charge is 0.484 e. The van der Waals surface area contributed by atoms with Gasteiger partial charge in [-0.15, -0.1) is 10.2 Å². The number of hydrogen-bond donors (Lipinski definition) is 1. The molecular formula is C24H30N6O. The summed E-state index contributed by atoms with van der Waals surface area (Å²) in [6.07, 6.45) is 8.08. The van der Waals surface area contributed by atoms with Crippen LogP contribution in [-0.2, 0) is 5.54 Å². The molecule has 0 saturated carbocycles. The predicted molar refractivity (Wildman–Crippen MR) is 120 cm³/mol. The maximum absolute atomic E-state index is 6.47. The maximum atomic E-state index is 6.47. The van der Waals surface area contributed by atoms with Gasteiger partial charge in [-0.25, -0.2) is 0 Å². The smallest absolute Gasteiger partial charge is 0.162 e. The van der Waals surface area contributed by atoms with Crippen LogP contribution in [0.5, 0.6) is 5.75 Å². The summed E-state index contributed by atoms with van der Waals surface area (Å²) in [4.78, 5) is 4.50. The molecule has 31 heavy (non-hydrogen) atoms. The van der Waals surface area contributed by atoms with Crippen LogP contribution in [0.2, 0.25) is 0 Å². The van der Waals surface area contributed by atoms with Gasteiger partial charge >= 0.3 is 0 Å². The molecule has 5 rings (SSSR count). The summed E-state index contributed by atoms with van der Waals surface area (Å²) in [5.74, 6) is 1.71. The Bertz CT molecular complexity index is 1120. The van der Waals surface area contributed by atoms with E-state index in [0.717, 1.165) is 43.2 Å². The van der Waals surface area contributed by atoms with Crippen molar-refractivity contribution in [2.24, 2.45) is 5.73 Å². The van der Waals surface area contributed by atoms with Gasteiger partial charge in [-0.3, -0.25) is 4.40 Å². The molecule has 2 aromatic heterocycles. The van der Waals surface area contributed by atoms with Crippen LogP contribution in [0.4, 0.5) is 0 Å². The van der Waals surface area contributed by atoms with Crippen molar-refractivity contribution in [3.63, 3.8) is 0 Å². The summed E-state index contributed by atoms with van der Waals surface area (Å²) in [6, 6.07) is 12.4. The van der Waals surface area contributed by atoms with E-state index >= 15 is 0 Å². The zero-order valence-corrected chi connectivity index (χ0v) is 18.4. The summed E-state index contributed by atoms with van der Waals surface area (Å²) in [5.41, 5.74) is 9.21. The van der Waals surface area contributed by atoms with Gasteiger partial charge in [-0.1, -0.05) is 24.3 Å². The van der Waals surface area contributed by atoms with E-state index in [1.807, 2.05) is 24.4 Å². The van der Waals surface area contributed by atoms with E-state index < -0.39 is 0 Å². The van der Waals surface area contributed by atoms with Gasteiger partial charge < -0.3 is 20.3 Å². The molecule has 0 bridgehead atoms. The number of pyridine rings is 1. The fourth-order valence-corrected chi connectivity index (χ4v) is 4.63. The lowest BCUT2D eigenvalue weighted by atomic mass is 9.86. The molecule has 7 heteroatoms. The van der Waals surface area contributed by atoms with Crippen molar-refractivity contribution in [1.82, 2.24) is 24.4 Å². The van der Waals surface area contributed by atoms with E-state index in [9.17, 15) is 0 Å². The topological polar surface area (TPSA) is 71.9 Å². The Morgan fingerprint density at radius 2 is 1.81 bits per heavy atom. The van der Waals surface area contributed by atoms with Gasteiger partial charge in [0.1, 0.15) is 11.9 Å². The summed E-state index contributed by atoms with van der Waals surface area (Å²) >= 11 is 0. The minimum atomic E-state index is -0.306. The molecule has 1 aliphatic heterocycles. The van der Waals surface area contributed by atoms with Crippen molar-refractivity contribution in [1.29, 1.82) is 0 Å². The van der Waals surface area contributed by atoms with E-state index in [4.69, 9.17) is 10.5 Å². The SMILES string of the molecule is CN1C=CN(C(C)(C)c2nnc3ccc(OC4CCC(N)c5ccccc54)cn23)CC1. The van der Waals surface area contributed by atoms with Crippen LogP contribution in [0.15, 0.2) is 55.0 Å². The molecule has 3 heterocycles. The summed E-state index contributed by atoms with van der Waals surface area (Å²) in [6.45, 7) is 6.29. The number of nitrogens with zero attached hydrogens (tertiary/aromatic N) is 5. The maximum Gasteiger partial charge on any atom is 0.162 e. The Morgan fingerprint density at radius 3 is 2.58 bits per heavy atom. The summed E-state index contributed by atoms with van der Waals surface area (Å²) in [7, 11) is 2.09. The molecule has 3 aromatic rings. The average Bonchev–Trinajstić information content (AvgIpc) is 3.20. The first-order valence-corrected chi connectivity index (χ1v) is 10.9. The summed E-state index contributed by atoms with van der Waals surface area (Å²) in [5, 5.41) is 8.95. The number of rotatable bonds is 4. The first kappa shape index (κ1) is 19.9. The van der Waals surface area contributed by atoms with E-state index in [1.54, 1.807) is 0 Å². The van der Waals surface area contributed by atoms with Crippen molar-refractivity contribution in [3.8, 4) is 5.75 Å². The standard InChI is InChI=1S/C24H30N6O/c1-24(2,29-14-12-28(3)13-15-29)23-27-26-22-11-8-17(16-30(22)23)31-21-10-9-20(25)18-6-4-5-7-19(18)21/h4-8,11-12,14,16,20-21H,9-10,13,15,25H2,1-3H3. The van der Waals surface area contributed by atoms with Crippen molar-refractivity contribution in [3.05, 3.63) is 71.9 Å². The van der Waals surface area contributed by atoms with Crippen LogP contribution < -0.4 is 10.5 Å². The lowest BCUT2D eigenvalue weighted by molar-refractivity contribution is 0.145. The van der Waals surface area contributed by atoms with Crippen LogP contribution in [0.1, 0.15) is 55.8 Å². The minimum absolute atomic E-state index is 0.00181. The third-order valence-corrected chi connectivity index (χ3v) is 6.60. The lowest BCUT2D eigenvalue weighted by Gasteiger charge is -2.40. The predicted octanol–water partition coefficient (Wildman–Crippen LogP) is 3.60. The number of hydrogen-bond acceptors (Lipinski definition) is 6. The molecule has 2 atom stereocenters. The number of benzene rings is 1. The third-order valence-electron chi connectivity index (χ3n) is 6.60. The number of likely N-dealkylation sites (N-methyl/N-ethyl adjacent to an activating group) is 1. The molecule has 2 N–H and O–H groups in total. The highest BCUT2D eigenvalue weighted by Gasteiger charge is 2.33. The molecule has 162 valence electrons. The zero-order chi connectivity index (χ0) is 21.6. The van der Waals surface area contributed by atoms with E-state index in [0.29, 0.717) is 0 Å². The van der Waals surface area contributed by atoms with Gasteiger partial charge in [-0.05, 0) is 49.9 Å². The third kappa shape index (κ3) is 3.53. The van der Waals surface area contributed by atoms with Crippen molar-refractivity contribution in [2.45, 2.75) is 44.4 Å². The second kappa shape index (κ2) is 7.57. The fourth-order valence-electron chi connectivity index (χ4n) is 4.63. The van der Waals surface area contributed by atoms with E-state index in [-0.39, 0.29) is 17.7 Å². The van der Waals surface area contributed by atoms with Gasteiger partial charge in [0.2, 0.25) is 0 Å². The Morgan fingerprint density at radius 1 is 1.00 bits per heavy atom. The zero-order valence-electron chi connectivity index (χ0n) is 18.4. The fraction of sp³-hybridized carbons (Fsp3) is 0.417. The molecule has 1 aliphatic carbocycles. The average molecular weight is 419 g/mol. The van der Waals surface area contributed by atoms with Gasteiger partial charge in [0.05, 0.1) is 11.7 Å². The second-order valence-electron chi connectivity index (χ2n) is 9.07. The van der Waals surface area contributed by atoms with Gasteiger partial charge in [0.15, 0.2) is 11.5 Å². The molecule has 7 nitrogen and oxygen atoms in total. The molecule has 0 saturated heterocycles. The van der Waals surface area contributed by atoms with Crippen LogP contribution in [0, 0.1) is 0 Å². The first-order valence-electron chi connectivity index (χ1n) is 10.9. The van der Waals surface area contributed by atoms with Crippen molar-refractivity contribution < 1.29 is 4.74 Å². The molecule has 2 aliphatic rings. The molecule has 1 aromatic carbocycles. The number of aromatic nitrogens is 3. The highest BCUT2D eigenvalue weighted by atomic mass is 16.5. The first-order chi connectivity index (χ1) is 14.9. The van der Waals surface area contributed by atoms with Gasteiger partial charge in [0, 0.05) is 38.6 Å². The monoisotopic (exact) mass is 418 g/mol. The van der Waals surface area contributed by atoms with Crippen LogP contribution in [0.3, 0.4) is 0 Å². The quantitative estimate of drug-likeness (QED) is 0.698. The van der Waals surface area contributed by atoms with E-state index in [1.165, 1.54) is 11.1 Å². The number of ether oxygens (including phenoxy) is 1. The van der Waals surface area contributed by atoms with Crippen LogP contribution in [0.25, 0.3) is 5.65 Å². The molecule has 2 unspecified atom stereocenters. The highest BCUT2D eigenvalue weighted by molar-refractivity contribution is 5.43. The Labute approximate surface area is 183 Å². The van der Waals surface area contributed by atoms with Crippen LogP contribution in [-0.4, -0.2) is 44.5 Å². The number of fused-ring (bicyclic) bond motifs is 2.